The number of thiophene rings is 2. The predicted molar refractivity (Wildman–Crippen MR) is 134 cm³/mol. The van der Waals surface area contributed by atoms with Gasteiger partial charge in [-0.2, -0.15) is 0 Å². The van der Waals surface area contributed by atoms with Crippen molar-refractivity contribution in [3.05, 3.63) is 98.2 Å². The monoisotopic (exact) mass is 459 g/mol. The summed E-state index contributed by atoms with van der Waals surface area (Å²) in [4.78, 5) is 20.4. The summed E-state index contributed by atoms with van der Waals surface area (Å²) in [5.41, 5.74) is 4.23. The van der Waals surface area contributed by atoms with E-state index in [0.29, 0.717) is 5.56 Å². The number of hydrogen-bond acceptors (Lipinski definition) is 5. The fourth-order valence-corrected chi connectivity index (χ4v) is 6.37. The molecule has 0 spiro atoms. The first-order valence-corrected chi connectivity index (χ1v) is 12.6. The van der Waals surface area contributed by atoms with Crippen LogP contribution in [0.15, 0.2) is 66.0 Å². The maximum atomic E-state index is 13.1. The molecule has 4 aromatic rings. The van der Waals surface area contributed by atoms with Crippen LogP contribution in [-0.4, -0.2) is 10.9 Å². The van der Waals surface area contributed by atoms with E-state index in [1.54, 1.807) is 22.7 Å². The maximum absolute atomic E-state index is 13.1. The van der Waals surface area contributed by atoms with Crippen LogP contribution in [-0.2, 0) is 12.8 Å². The molecule has 1 amide bonds. The van der Waals surface area contributed by atoms with E-state index in [0.717, 1.165) is 29.4 Å². The number of amides is 1. The number of aromatic nitrogens is 1. The third-order valence-electron chi connectivity index (χ3n) is 5.77. The molecular weight excluding hydrogens is 434 g/mol. The van der Waals surface area contributed by atoms with E-state index in [9.17, 15) is 4.79 Å². The maximum Gasteiger partial charge on any atom is 0.256 e. The number of nitrogens with zero attached hydrogens (tertiary/aromatic N) is 1. The Labute approximate surface area is 196 Å². The molecule has 6 heteroatoms. The number of pyridine rings is 1. The van der Waals surface area contributed by atoms with Crippen LogP contribution in [0.3, 0.4) is 0 Å². The van der Waals surface area contributed by atoms with Gasteiger partial charge in [-0.15, -0.1) is 22.7 Å². The van der Waals surface area contributed by atoms with Gasteiger partial charge in [0.1, 0.15) is 10.8 Å². The normalized spacial score (nSPS) is 13.9. The smallest absolute Gasteiger partial charge is 0.256 e. The summed E-state index contributed by atoms with van der Waals surface area (Å²) in [6, 6.07) is 19.7. The standard InChI is InChI=1S/C26H25N3OS2/c1-17-9-7-15-22(27-17)28-24(21-14-8-16-31-21)23-19-12-5-6-13-20(19)32-26(23)29-25(30)18-10-3-2-4-11-18/h2-4,7-11,14-16,24H,5-6,12-13H2,1H3,(H,27,28)(H,29,30)/t24-/m0/s1. The highest BCUT2D eigenvalue weighted by Crippen LogP contribution is 2.45. The quantitative estimate of drug-likeness (QED) is 0.332. The number of rotatable bonds is 6. The number of aryl methyl sites for hydroxylation is 2. The molecule has 1 aliphatic carbocycles. The molecule has 0 saturated heterocycles. The fourth-order valence-electron chi connectivity index (χ4n) is 4.27. The van der Waals surface area contributed by atoms with E-state index in [4.69, 9.17) is 4.98 Å². The van der Waals surface area contributed by atoms with Gasteiger partial charge in [-0.3, -0.25) is 4.79 Å². The first-order valence-electron chi connectivity index (χ1n) is 10.9. The van der Waals surface area contributed by atoms with Gasteiger partial charge in [0.25, 0.3) is 5.91 Å². The number of fused-ring (bicyclic) bond motifs is 1. The van der Waals surface area contributed by atoms with E-state index < -0.39 is 0 Å². The van der Waals surface area contributed by atoms with Gasteiger partial charge < -0.3 is 10.6 Å². The molecule has 3 aromatic heterocycles. The van der Waals surface area contributed by atoms with E-state index in [1.165, 1.54) is 33.7 Å². The van der Waals surface area contributed by atoms with Gasteiger partial charge in [-0.1, -0.05) is 30.3 Å². The van der Waals surface area contributed by atoms with Crippen molar-refractivity contribution in [1.29, 1.82) is 0 Å². The molecule has 162 valence electrons. The molecule has 0 saturated carbocycles. The third kappa shape index (κ3) is 4.33. The van der Waals surface area contributed by atoms with Crippen molar-refractivity contribution in [2.24, 2.45) is 0 Å². The lowest BCUT2D eigenvalue weighted by molar-refractivity contribution is 0.102. The Hall–Kier alpha value is -2.96. The minimum absolute atomic E-state index is 0.0616. The molecule has 2 N–H and O–H groups in total. The second-order valence-corrected chi connectivity index (χ2v) is 10.1. The number of hydrogen-bond donors (Lipinski definition) is 2. The lowest BCUT2D eigenvalue weighted by Gasteiger charge is -2.23. The lowest BCUT2D eigenvalue weighted by Crippen LogP contribution is -2.18. The minimum atomic E-state index is -0.0657. The van der Waals surface area contributed by atoms with Gasteiger partial charge in [-0.25, -0.2) is 4.98 Å². The van der Waals surface area contributed by atoms with E-state index in [1.807, 2.05) is 55.5 Å². The molecule has 0 unspecified atom stereocenters. The van der Waals surface area contributed by atoms with Crippen LogP contribution in [0.1, 0.15) is 55.8 Å². The van der Waals surface area contributed by atoms with Crippen molar-refractivity contribution in [3.63, 3.8) is 0 Å². The number of carbonyl (C=O) groups is 1. The van der Waals surface area contributed by atoms with Gasteiger partial charge in [0.2, 0.25) is 0 Å². The number of carbonyl (C=O) groups excluding carboxylic acids is 1. The van der Waals surface area contributed by atoms with Gasteiger partial charge >= 0.3 is 0 Å². The highest BCUT2D eigenvalue weighted by atomic mass is 32.1. The molecule has 0 fully saturated rings. The molecule has 1 aliphatic rings. The second kappa shape index (κ2) is 9.27. The second-order valence-electron chi connectivity index (χ2n) is 8.03. The topological polar surface area (TPSA) is 54.0 Å². The van der Waals surface area contributed by atoms with E-state index >= 15 is 0 Å². The Bertz CT molecular complexity index is 1220. The molecule has 3 heterocycles. The number of benzene rings is 1. The first-order chi connectivity index (χ1) is 15.7. The molecule has 1 aromatic carbocycles. The summed E-state index contributed by atoms with van der Waals surface area (Å²) < 4.78 is 0. The summed E-state index contributed by atoms with van der Waals surface area (Å²) >= 11 is 3.47. The zero-order chi connectivity index (χ0) is 21.9. The van der Waals surface area contributed by atoms with E-state index in [2.05, 4.69) is 28.1 Å². The van der Waals surface area contributed by atoms with Crippen LogP contribution in [0.5, 0.6) is 0 Å². The first kappa shape index (κ1) is 20.9. The molecule has 5 rings (SSSR count). The van der Waals surface area contributed by atoms with Crippen molar-refractivity contribution >= 4 is 39.4 Å². The SMILES string of the molecule is Cc1cccc(N[C@@H](c2cccs2)c2c(NC(=O)c3ccccc3)sc3c2CCCC3)n1. The molecule has 1 atom stereocenters. The molecule has 0 aliphatic heterocycles. The van der Waals surface area contributed by atoms with E-state index in [-0.39, 0.29) is 11.9 Å². The number of nitrogens with one attached hydrogen (secondary N) is 2. The van der Waals surface area contributed by atoms with Crippen molar-refractivity contribution in [2.45, 2.75) is 38.6 Å². The van der Waals surface area contributed by atoms with Crippen LogP contribution in [0.4, 0.5) is 10.8 Å². The zero-order valence-electron chi connectivity index (χ0n) is 17.9. The van der Waals surface area contributed by atoms with Crippen LogP contribution in [0.2, 0.25) is 0 Å². The predicted octanol–water partition coefficient (Wildman–Crippen LogP) is 6.85. The summed E-state index contributed by atoms with van der Waals surface area (Å²) in [6.45, 7) is 2.00. The average molecular weight is 460 g/mol. The third-order valence-corrected chi connectivity index (χ3v) is 7.93. The highest BCUT2D eigenvalue weighted by molar-refractivity contribution is 7.16. The molecule has 0 radical (unpaired) electrons. The summed E-state index contributed by atoms with van der Waals surface area (Å²) in [5, 5.41) is 9.98. The minimum Gasteiger partial charge on any atom is -0.358 e. The highest BCUT2D eigenvalue weighted by Gasteiger charge is 2.29. The van der Waals surface area contributed by atoms with Gasteiger partial charge in [-0.05, 0) is 73.9 Å². The summed E-state index contributed by atoms with van der Waals surface area (Å²) in [6.07, 6.45) is 4.51. The lowest BCUT2D eigenvalue weighted by atomic mass is 9.91. The van der Waals surface area contributed by atoms with Crippen LogP contribution in [0.25, 0.3) is 0 Å². The zero-order valence-corrected chi connectivity index (χ0v) is 19.6. The van der Waals surface area contributed by atoms with Crippen molar-refractivity contribution < 1.29 is 4.79 Å². The van der Waals surface area contributed by atoms with Crippen molar-refractivity contribution in [2.75, 3.05) is 10.6 Å². The van der Waals surface area contributed by atoms with Gasteiger partial charge in [0, 0.05) is 26.6 Å². The average Bonchev–Trinajstić information content (AvgIpc) is 3.46. The van der Waals surface area contributed by atoms with Crippen molar-refractivity contribution in [1.82, 2.24) is 4.98 Å². The Morgan fingerprint density at radius 2 is 1.84 bits per heavy atom. The number of anilines is 2. The van der Waals surface area contributed by atoms with Crippen LogP contribution < -0.4 is 10.6 Å². The summed E-state index contributed by atoms with van der Waals surface area (Å²) in [7, 11) is 0. The molecule has 32 heavy (non-hydrogen) atoms. The van der Waals surface area contributed by atoms with Crippen LogP contribution >= 0.6 is 22.7 Å². The largest absolute Gasteiger partial charge is 0.358 e. The van der Waals surface area contributed by atoms with Gasteiger partial charge in [0.15, 0.2) is 0 Å². The molecular formula is C26H25N3OS2. The Morgan fingerprint density at radius 1 is 1.00 bits per heavy atom. The molecule has 4 nitrogen and oxygen atoms in total. The molecule has 0 bridgehead atoms. The Kier molecular flexibility index (Phi) is 6.06. The van der Waals surface area contributed by atoms with Gasteiger partial charge in [0.05, 0.1) is 6.04 Å². The fraction of sp³-hybridized carbons (Fsp3) is 0.231. The summed E-state index contributed by atoms with van der Waals surface area (Å²) in [5.74, 6) is 0.781. The Balaban J connectivity index is 1.58. The Morgan fingerprint density at radius 3 is 2.62 bits per heavy atom. The van der Waals surface area contributed by atoms with Crippen LogP contribution in [0, 0.1) is 6.92 Å². The van der Waals surface area contributed by atoms with Crippen molar-refractivity contribution in [3.8, 4) is 0 Å².